The van der Waals surface area contributed by atoms with Crippen LogP contribution in [-0.4, -0.2) is 13.1 Å². The van der Waals surface area contributed by atoms with Crippen LogP contribution < -0.4 is 0 Å². The fourth-order valence-corrected chi connectivity index (χ4v) is 2.21. The summed E-state index contributed by atoms with van der Waals surface area (Å²) in [7, 11) is 0. The highest BCUT2D eigenvalue weighted by Gasteiger charge is 2.29. The van der Waals surface area contributed by atoms with Crippen LogP contribution in [0.3, 0.4) is 0 Å². The number of rotatable bonds is 3. The fourth-order valence-electron chi connectivity index (χ4n) is 2.21. The minimum atomic E-state index is 0.541. The van der Waals surface area contributed by atoms with Crippen LogP contribution in [0.5, 0.6) is 0 Å². The quantitative estimate of drug-likeness (QED) is 0.454. The number of carbonyl (C=O) groups is 1. The van der Waals surface area contributed by atoms with Gasteiger partial charge in [-0.2, -0.15) is 0 Å². The highest BCUT2D eigenvalue weighted by atomic mass is 16.5. The molecule has 0 radical (unpaired) electrons. The molecule has 0 aromatic heterocycles. The lowest BCUT2D eigenvalue weighted by atomic mass is 10.00. The SMILES string of the molecule is O=COCC1=C2CCC(C2)C1. The van der Waals surface area contributed by atoms with Gasteiger partial charge in [-0.05, 0) is 37.2 Å². The standard InChI is InChI=1S/C9H12O2/c10-6-11-5-9-4-7-1-2-8(9)3-7/h6-7H,1-5H2. The second-order valence-corrected chi connectivity index (χ2v) is 3.43. The summed E-state index contributed by atoms with van der Waals surface area (Å²) in [6.07, 6.45) is 5.07. The Balaban J connectivity index is 1.98. The molecule has 0 spiro atoms. The molecule has 2 aliphatic rings. The summed E-state index contributed by atoms with van der Waals surface area (Å²) in [5, 5.41) is 0. The number of fused-ring (bicyclic) bond motifs is 2. The molecule has 11 heavy (non-hydrogen) atoms. The van der Waals surface area contributed by atoms with Crippen molar-refractivity contribution >= 4 is 6.47 Å². The number of hydrogen-bond donors (Lipinski definition) is 0. The van der Waals surface area contributed by atoms with Gasteiger partial charge in [0.25, 0.3) is 6.47 Å². The van der Waals surface area contributed by atoms with Crippen molar-refractivity contribution in [1.29, 1.82) is 0 Å². The van der Waals surface area contributed by atoms with Gasteiger partial charge in [0.1, 0.15) is 6.61 Å². The molecule has 1 atom stereocenters. The maximum atomic E-state index is 9.92. The van der Waals surface area contributed by atoms with E-state index in [-0.39, 0.29) is 0 Å². The van der Waals surface area contributed by atoms with Gasteiger partial charge in [-0.15, -0.1) is 0 Å². The molecule has 0 aromatic carbocycles. The van der Waals surface area contributed by atoms with Gasteiger partial charge in [-0.25, -0.2) is 0 Å². The van der Waals surface area contributed by atoms with Gasteiger partial charge in [0, 0.05) is 0 Å². The molecular weight excluding hydrogens is 140 g/mol. The average molecular weight is 152 g/mol. The van der Waals surface area contributed by atoms with E-state index < -0.39 is 0 Å². The molecule has 0 amide bonds. The Morgan fingerprint density at radius 3 is 3.00 bits per heavy atom. The first kappa shape index (κ1) is 6.89. The zero-order valence-electron chi connectivity index (χ0n) is 6.51. The van der Waals surface area contributed by atoms with E-state index in [4.69, 9.17) is 4.74 Å². The van der Waals surface area contributed by atoms with Crippen molar-refractivity contribution < 1.29 is 9.53 Å². The molecule has 2 rings (SSSR count). The molecule has 2 aliphatic carbocycles. The zero-order chi connectivity index (χ0) is 7.68. The van der Waals surface area contributed by atoms with E-state index in [9.17, 15) is 4.79 Å². The highest BCUT2D eigenvalue weighted by Crippen LogP contribution is 2.43. The molecule has 0 aromatic rings. The van der Waals surface area contributed by atoms with Crippen molar-refractivity contribution in [2.45, 2.75) is 25.7 Å². The summed E-state index contributed by atoms with van der Waals surface area (Å²) < 4.78 is 4.73. The van der Waals surface area contributed by atoms with Gasteiger partial charge in [-0.3, -0.25) is 4.79 Å². The Hall–Kier alpha value is -0.790. The largest absolute Gasteiger partial charge is 0.463 e. The van der Waals surface area contributed by atoms with Crippen molar-refractivity contribution in [2.75, 3.05) is 6.61 Å². The fraction of sp³-hybridized carbons (Fsp3) is 0.667. The smallest absolute Gasteiger partial charge is 0.293 e. The van der Waals surface area contributed by atoms with Gasteiger partial charge >= 0.3 is 0 Å². The maximum absolute atomic E-state index is 9.92. The predicted molar refractivity (Wildman–Crippen MR) is 41.0 cm³/mol. The monoisotopic (exact) mass is 152 g/mol. The van der Waals surface area contributed by atoms with Crippen molar-refractivity contribution in [1.82, 2.24) is 0 Å². The van der Waals surface area contributed by atoms with E-state index in [1.54, 1.807) is 5.57 Å². The molecule has 0 aliphatic heterocycles. The summed E-state index contributed by atoms with van der Waals surface area (Å²) in [6.45, 7) is 1.09. The van der Waals surface area contributed by atoms with Gasteiger partial charge in [0.2, 0.25) is 0 Å². The highest BCUT2D eigenvalue weighted by molar-refractivity contribution is 5.38. The lowest BCUT2D eigenvalue weighted by molar-refractivity contribution is -0.127. The van der Waals surface area contributed by atoms with Crippen LogP contribution in [0.1, 0.15) is 25.7 Å². The van der Waals surface area contributed by atoms with E-state index in [1.807, 2.05) is 0 Å². The van der Waals surface area contributed by atoms with E-state index in [0.717, 1.165) is 5.92 Å². The number of ether oxygens (including phenoxy) is 1. The topological polar surface area (TPSA) is 26.3 Å². The van der Waals surface area contributed by atoms with Crippen LogP contribution in [0.15, 0.2) is 11.1 Å². The van der Waals surface area contributed by atoms with Crippen LogP contribution in [-0.2, 0) is 9.53 Å². The van der Waals surface area contributed by atoms with Gasteiger partial charge in [0.15, 0.2) is 0 Å². The lowest BCUT2D eigenvalue weighted by Gasteiger charge is -2.09. The van der Waals surface area contributed by atoms with Crippen LogP contribution in [0, 0.1) is 5.92 Å². The van der Waals surface area contributed by atoms with Crippen molar-refractivity contribution in [3.63, 3.8) is 0 Å². The first-order valence-electron chi connectivity index (χ1n) is 4.15. The average Bonchev–Trinajstić information content (AvgIpc) is 2.60. The number of carbonyl (C=O) groups excluding carboxylic acids is 1. The summed E-state index contributed by atoms with van der Waals surface area (Å²) in [5.74, 6) is 0.884. The van der Waals surface area contributed by atoms with Crippen molar-refractivity contribution in [3.8, 4) is 0 Å². The van der Waals surface area contributed by atoms with Crippen molar-refractivity contribution in [2.24, 2.45) is 5.92 Å². The summed E-state index contributed by atoms with van der Waals surface area (Å²) in [5.41, 5.74) is 2.96. The zero-order valence-corrected chi connectivity index (χ0v) is 6.51. The molecule has 0 N–H and O–H groups in total. The summed E-state index contributed by atoms with van der Waals surface area (Å²) in [4.78, 5) is 9.92. The molecule has 60 valence electrons. The van der Waals surface area contributed by atoms with Gasteiger partial charge in [0.05, 0.1) is 0 Å². The Labute approximate surface area is 66.2 Å². The molecular formula is C9H12O2. The summed E-state index contributed by atoms with van der Waals surface area (Å²) >= 11 is 0. The third-order valence-corrected chi connectivity index (χ3v) is 2.75. The molecule has 0 heterocycles. The number of hydrogen-bond acceptors (Lipinski definition) is 2. The summed E-state index contributed by atoms with van der Waals surface area (Å²) in [6, 6.07) is 0. The van der Waals surface area contributed by atoms with Crippen LogP contribution in [0.2, 0.25) is 0 Å². The maximum Gasteiger partial charge on any atom is 0.293 e. The van der Waals surface area contributed by atoms with Crippen molar-refractivity contribution in [3.05, 3.63) is 11.1 Å². The van der Waals surface area contributed by atoms with Crippen LogP contribution in [0.25, 0.3) is 0 Å². The van der Waals surface area contributed by atoms with E-state index >= 15 is 0 Å². The van der Waals surface area contributed by atoms with E-state index in [0.29, 0.717) is 13.1 Å². The normalized spacial score (nSPS) is 27.8. The lowest BCUT2D eigenvalue weighted by Crippen LogP contribution is -2.01. The molecule has 2 heteroatoms. The second-order valence-electron chi connectivity index (χ2n) is 3.43. The Morgan fingerprint density at radius 2 is 2.45 bits per heavy atom. The number of allylic oxidation sites excluding steroid dienone is 1. The van der Waals surface area contributed by atoms with E-state index in [2.05, 4.69) is 0 Å². The Bertz CT molecular complexity index is 206. The molecule has 1 saturated carbocycles. The van der Waals surface area contributed by atoms with Gasteiger partial charge < -0.3 is 4.74 Å². The third kappa shape index (κ3) is 1.17. The predicted octanol–water partition coefficient (Wildman–Crippen LogP) is 1.66. The Morgan fingerprint density at radius 1 is 1.55 bits per heavy atom. The van der Waals surface area contributed by atoms with Crippen LogP contribution >= 0.6 is 0 Å². The second kappa shape index (κ2) is 2.68. The molecule has 1 unspecified atom stereocenters. The van der Waals surface area contributed by atoms with E-state index in [1.165, 1.54) is 31.3 Å². The molecule has 0 saturated heterocycles. The molecule has 1 fully saturated rings. The Kier molecular flexibility index (Phi) is 1.68. The molecule has 2 bridgehead atoms. The third-order valence-electron chi connectivity index (χ3n) is 2.75. The minimum absolute atomic E-state index is 0.541. The van der Waals surface area contributed by atoms with Gasteiger partial charge in [-0.1, -0.05) is 5.57 Å². The molecule has 2 nitrogen and oxygen atoms in total. The first-order valence-corrected chi connectivity index (χ1v) is 4.15. The van der Waals surface area contributed by atoms with Crippen LogP contribution in [0.4, 0.5) is 0 Å². The minimum Gasteiger partial charge on any atom is -0.463 e. The first-order chi connectivity index (χ1) is 5.40.